The van der Waals surface area contributed by atoms with Gasteiger partial charge in [0.15, 0.2) is 0 Å². The number of amidine groups is 1. The summed E-state index contributed by atoms with van der Waals surface area (Å²) < 4.78 is 37.6. The van der Waals surface area contributed by atoms with Gasteiger partial charge in [0.2, 0.25) is 0 Å². The van der Waals surface area contributed by atoms with Crippen LogP contribution in [0, 0.1) is 11.3 Å². The van der Waals surface area contributed by atoms with Crippen LogP contribution in [0.5, 0.6) is 0 Å². The Kier molecular flexibility index (Phi) is 4.15. The number of hydrogen-bond donors (Lipinski definition) is 2. The Morgan fingerprint density at radius 2 is 2.17 bits per heavy atom. The third kappa shape index (κ3) is 3.61. The topological polar surface area (TPSA) is 66.0 Å². The van der Waals surface area contributed by atoms with Crippen LogP contribution in [0.3, 0.4) is 0 Å². The molecule has 4 nitrogen and oxygen atoms in total. The Labute approximate surface area is 103 Å². The smallest absolute Gasteiger partial charge is 0.387 e. The fraction of sp³-hybridized carbons (Fsp3) is 0.455. The third-order valence-corrected chi connectivity index (χ3v) is 2.54. The molecule has 0 aliphatic carbocycles. The number of aromatic nitrogens is 1. The zero-order chi connectivity index (χ0) is 13.9. The first-order chi connectivity index (χ1) is 8.21. The Bertz CT molecular complexity index is 431. The molecule has 3 N–H and O–H groups in total. The van der Waals surface area contributed by atoms with Gasteiger partial charge in [-0.3, -0.25) is 5.41 Å². The van der Waals surface area contributed by atoms with Crippen molar-refractivity contribution in [2.75, 3.05) is 18.5 Å². The van der Waals surface area contributed by atoms with Gasteiger partial charge in [-0.25, -0.2) is 4.98 Å². The lowest BCUT2D eigenvalue weighted by Crippen LogP contribution is -2.32. The maximum Gasteiger partial charge on any atom is 0.416 e. The zero-order valence-corrected chi connectivity index (χ0v) is 10.1. The van der Waals surface area contributed by atoms with Gasteiger partial charge in [0, 0.05) is 25.7 Å². The van der Waals surface area contributed by atoms with Crippen molar-refractivity contribution in [1.82, 2.24) is 4.98 Å². The van der Waals surface area contributed by atoms with E-state index in [1.807, 2.05) is 0 Å². The van der Waals surface area contributed by atoms with Crippen molar-refractivity contribution in [3.63, 3.8) is 0 Å². The molecule has 18 heavy (non-hydrogen) atoms. The molecule has 1 heterocycles. The molecule has 0 saturated heterocycles. The molecule has 0 aromatic carbocycles. The minimum absolute atomic E-state index is 0.00572. The number of halogens is 3. The molecule has 100 valence electrons. The summed E-state index contributed by atoms with van der Waals surface area (Å²) in [5.41, 5.74) is 4.58. The van der Waals surface area contributed by atoms with Crippen molar-refractivity contribution >= 4 is 11.7 Å². The van der Waals surface area contributed by atoms with Gasteiger partial charge in [0.05, 0.1) is 11.4 Å². The fourth-order valence-corrected chi connectivity index (χ4v) is 1.41. The molecule has 7 heteroatoms. The van der Waals surface area contributed by atoms with Crippen LogP contribution in [-0.2, 0) is 6.18 Å². The van der Waals surface area contributed by atoms with Crippen LogP contribution >= 0.6 is 0 Å². The molecule has 1 aromatic rings. The summed E-state index contributed by atoms with van der Waals surface area (Å²) in [6, 6.07) is 1.90. The molecule has 0 saturated carbocycles. The van der Waals surface area contributed by atoms with Gasteiger partial charge in [0.25, 0.3) is 0 Å². The quantitative estimate of drug-likeness (QED) is 0.643. The number of rotatable bonds is 4. The zero-order valence-electron chi connectivity index (χ0n) is 10.1. The lowest BCUT2D eigenvalue weighted by atomic mass is 10.1. The Hall–Kier alpha value is -1.79. The van der Waals surface area contributed by atoms with Gasteiger partial charge in [-0.05, 0) is 12.1 Å². The molecule has 1 aromatic heterocycles. The normalized spacial score (nSPS) is 13.2. The van der Waals surface area contributed by atoms with Crippen LogP contribution in [0.1, 0.15) is 12.5 Å². The number of alkyl halides is 3. The van der Waals surface area contributed by atoms with Gasteiger partial charge in [-0.1, -0.05) is 6.92 Å². The second-order valence-corrected chi connectivity index (χ2v) is 4.14. The van der Waals surface area contributed by atoms with E-state index >= 15 is 0 Å². The minimum Gasteiger partial charge on any atom is -0.387 e. The number of anilines is 1. The van der Waals surface area contributed by atoms with E-state index in [1.54, 1.807) is 18.9 Å². The average Bonchev–Trinajstić information content (AvgIpc) is 2.27. The number of nitrogens with zero attached hydrogens (tertiary/aromatic N) is 2. The number of hydrogen-bond acceptors (Lipinski definition) is 3. The van der Waals surface area contributed by atoms with Gasteiger partial charge in [0.1, 0.15) is 5.82 Å². The van der Waals surface area contributed by atoms with E-state index in [2.05, 4.69) is 4.98 Å². The second kappa shape index (κ2) is 5.24. The van der Waals surface area contributed by atoms with Crippen LogP contribution in [0.4, 0.5) is 19.0 Å². The predicted octanol–water partition coefficient (Wildman–Crippen LogP) is 2.11. The van der Waals surface area contributed by atoms with Gasteiger partial charge < -0.3 is 10.6 Å². The highest BCUT2D eigenvalue weighted by atomic mass is 19.4. The van der Waals surface area contributed by atoms with Crippen LogP contribution < -0.4 is 10.6 Å². The summed E-state index contributed by atoms with van der Waals surface area (Å²) in [7, 11) is 1.61. The average molecular weight is 260 g/mol. The highest BCUT2D eigenvalue weighted by Gasteiger charge is 2.31. The van der Waals surface area contributed by atoms with Crippen molar-refractivity contribution in [2.45, 2.75) is 13.1 Å². The fourth-order valence-electron chi connectivity index (χ4n) is 1.41. The first-order valence-electron chi connectivity index (χ1n) is 5.30. The van der Waals surface area contributed by atoms with E-state index in [4.69, 9.17) is 11.1 Å². The van der Waals surface area contributed by atoms with E-state index in [1.165, 1.54) is 0 Å². The van der Waals surface area contributed by atoms with E-state index in [0.29, 0.717) is 6.54 Å². The van der Waals surface area contributed by atoms with Crippen molar-refractivity contribution in [3.8, 4) is 0 Å². The van der Waals surface area contributed by atoms with Crippen LogP contribution in [0.2, 0.25) is 0 Å². The maximum absolute atomic E-state index is 12.5. The summed E-state index contributed by atoms with van der Waals surface area (Å²) in [5, 5.41) is 7.25. The first kappa shape index (κ1) is 14.3. The van der Waals surface area contributed by atoms with Crippen LogP contribution in [-0.4, -0.2) is 24.4 Å². The highest BCUT2D eigenvalue weighted by Crippen LogP contribution is 2.30. The van der Waals surface area contributed by atoms with Crippen molar-refractivity contribution in [3.05, 3.63) is 23.9 Å². The largest absolute Gasteiger partial charge is 0.416 e. The standard InChI is InChI=1S/C11H15F3N4/c1-7(10(15)16)6-18(2)9-5-8(3-4-17-9)11(12,13)14/h3-5,7H,6H2,1-2H3,(H3,15,16). The Morgan fingerprint density at radius 3 is 2.67 bits per heavy atom. The molecule has 0 spiro atoms. The van der Waals surface area contributed by atoms with Gasteiger partial charge >= 0.3 is 6.18 Å². The predicted molar refractivity (Wildman–Crippen MR) is 63.6 cm³/mol. The van der Waals surface area contributed by atoms with E-state index < -0.39 is 11.7 Å². The summed E-state index contributed by atoms with van der Waals surface area (Å²) >= 11 is 0. The Morgan fingerprint density at radius 1 is 1.56 bits per heavy atom. The molecule has 0 radical (unpaired) electrons. The second-order valence-electron chi connectivity index (χ2n) is 4.14. The summed E-state index contributed by atoms with van der Waals surface area (Å²) in [6.45, 7) is 2.07. The minimum atomic E-state index is -4.38. The molecule has 0 aliphatic heterocycles. The first-order valence-corrected chi connectivity index (χ1v) is 5.30. The molecule has 0 fully saturated rings. The monoisotopic (exact) mass is 260 g/mol. The number of nitrogens with one attached hydrogen (secondary N) is 1. The van der Waals surface area contributed by atoms with Gasteiger partial charge in [-0.2, -0.15) is 13.2 Å². The van der Waals surface area contributed by atoms with Crippen molar-refractivity contribution in [2.24, 2.45) is 11.7 Å². The van der Waals surface area contributed by atoms with Crippen LogP contribution in [0.15, 0.2) is 18.3 Å². The highest BCUT2D eigenvalue weighted by molar-refractivity contribution is 5.79. The lowest BCUT2D eigenvalue weighted by Gasteiger charge is -2.22. The summed E-state index contributed by atoms with van der Waals surface area (Å²) in [4.78, 5) is 5.42. The van der Waals surface area contributed by atoms with E-state index in [0.717, 1.165) is 18.3 Å². The SMILES string of the molecule is CC(CN(C)c1cc(C(F)(F)F)ccn1)C(=N)N. The molecule has 1 rings (SSSR count). The molecule has 0 aliphatic rings. The van der Waals surface area contributed by atoms with Crippen molar-refractivity contribution in [1.29, 1.82) is 5.41 Å². The van der Waals surface area contributed by atoms with Gasteiger partial charge in [-0.15, -0.1) is 0 Å². The van der Waals surface area contributed by atoms with Crippen molar-refractivity contribution < 1.29 is 13.2 Å². The van der Waals surface area contributed by atoms with E-state index in [9.17, 15) is 13.2 Å². The molecule has 0 amide bonds. The maximum atomic E-state index is 12.5. The van der Waals surface area contributed by atoms with Crippen LogP contribution in [0.25, 0.3) is 0 Å². The molecule has 1 unspecified atom stereocenters. The molecule has 1 atom stereocenters. The van der Waals surface area contributed by atoms with E-state index in [-0.39, 0.29) is 17.6 Å². The molecular weight excluding hydrogens is 245 g/mol. The third-order valence-electron chi connectivity index (χ3n) is 2.54. The summed E-state index contributed by atoms with van der Waals surface area (Å²) in [5.74, 6) is -0.0434. The molecular formula is C11H15F3N4. The number of pyridine rings is 1. The summed E-state index contributed by atoms with van der Waals surface area (Å²) in [6.07, 6.45) is -3.27. The Balaban J connectivity index is 2.87. The lowest BCUT2D eigenvalue weighted by molar-refractivity contribution is -0.137. The molecule has 0 bridgehead atoms. The number of nitrogens with two attached hydrogens (primary N) is 1.